The zero-order valence-electron chi connectivity index (χ0n) is 19.7. The van der Waals surface area contributed by atoms with Crippen LogP contribution in [0.15, 0.2) is 46.4 Å². The summed E-state index contributed by atoms with van der Waals surface area (Å²) in [5, 5.41) is 7.22. The van der Waals surface area contributed by atoms with Crippen molar-refractivity contribution in [3.05, 3.63) is 47.9 Å². The van der Waals surface area contributed by atoms with Crippen LogP contribution in [0.25, 0.3) is 11.3 Å². The first-order chi connectivity index (χ1) is 17.3. The smallest absolute Gasteiger partial charge is 0.277 e. The molecule has 0 bridgehead atoms. The van der Waals surface area contributed by atoms with Gasteiger partial charge in [-0.1, -0.05) is 6.07 Å². The van der Waals surface area contributed by atoms with Crippen molar-refractivity contribution < 1.29 is 30.8 Å². The number of pyridine rings is 1. The minimum Gasteiger partial charge on any atom is -0.353 e. The molecule has 0 amide bonds. The molecule has 1 aromatic carbocycles. The molecule has 1 fully saturated rings. The number of hydrogen-bond donors (Lipinski definition) is 1. The zero-order valence-corrected chi connectivity index (χ0v) is 20.5. The molecule has 1 atom stereocenters. The number of aliphatic imine (C=N–C) groups is 1. The largest absolute Gasteiger partial charge is 0.353 e. The number of fused-ring (bicyclic) bond motifs is 1. The van der Waals surface area contributed by atoms with Gasteiger partial charge in [-0.3, -0.25) is 14.5 Å². The van der Waals surface area contributed by atoms with Crippen LogP contribution in [0.4, 0.5) is 34.6 Å². The highest BCUT2D eigenvalue weighted by atomic mass is 32.2. The van der Waals surface area contributed by atoms with Gasteiger partial charge in [0.25, 0.3) is 12.3 Å². The van der Waals surface area contributed by atoms with Crippen LogP contribution in [0.5, 0.6) is 0 Å². The van der Waals surface area contributed by atoms with Crippen LogP contribution in [-0.4, -0.2) is 53.3 Å². The summed E-state index contributed by atoms with van der Waals surface area (Å²) in [6.45, 7) is 0. The minimum absolute atomic E-state index is 0.0764. The number of nitrogens with zero attached hydrogens (tertiary/aromatic N) is 4. The second kappa shape index (κ2) is 8.75. The van der Waals surface area contributed by atoms with Gasteiger partial charge in [0.2, 0.25) is 0 Å². The molecule has 0 radical (unpaired) electrons. The SMILES string of the molecule is Cn1ccc(-c2ccc(Nc3cc(CC(=O)[C@H]4CC4(F)F)nc4c3N=C(C(F)F)C4)c(S(C)(=O)=O)c2)n1. The van der Waals surface area contributed by atoms with Crippen LogP contribution in [0.2, 0.25) is 0 Å². The maximum absolute atomic E-state index is 13.4. The lowest BCUT2D eigenvalue weighted by molar-refractivity contribution is -0.121. The van der Waals surface area contributed by atoms with Gasteiger partial charge in [0.15, 0.2) is 9.84 Å². The molecule has 2 aromatic heterocycles. The van der Waals surface area contributed by atoms with Crippen LogP contribution >= 0.6 is 0 Å². The third-order valence-electron chi connectivity index (χ3n) is 6.20. The predicted octanol–water partition coefficient (Wildman–Crippen LogP) is 4.29. The lowest BCUT2D eigenvalue weighted by Gasteiger charge is -2.15. The van der Waals surface area contributed by atoms with E-state index in [4.69, 9.17) is 0 Å². The van der Waals surface area contributed by atoms with Crippen molar-refractivity contribution in [2.75, 3.05) is 11.6 Å². The van der Waals surface area contributed by atoms with Gasteiger partial charge in [0, 0.05) is 44.3 Å². The Kier molecular flexibility index (Phi) is 5.93. The van der Waals surface area contributed by atoms with E-state index in [0.717, 1.165) is 6.26 Å². The molecular formula is C24H21F4N5O3S. The third-order valence-corrected chi connectivity index (χ3v) is 7.34. The van der Waals surface area contributed by atoms with Crippen LogP contribution < -0.4 is 5.32 Å². The number of ketones is 1. The molecule has 0 saturated heterocycles. The first-order valence-corrected chi connectivity index (χ1v) is 13.1. The number of carbonyl (C=O) groups excluding carboxylic acids is 1. The Balaban J connectivity index is 1.54. The van der Waals surface area contributed by atoms with Crippen LogP contribution in [0, 0.1) is 5.92 Å². The monoisotopic (exact) mass is 535 g/mol. The number of halogens is 4. The topological polar surface area (TPSA) is 106 Å². The van der Waals surface area contributed by atoms with Crippen molar-refractivity contribution in [1.82, 2.24) is 14.8 Å². The number of alkyl halides is 4. The lowest BCUT2D eigenvalue weighted by atomic mass is 10.1. The average molecular weight is 536 g/mol. The highest BCUT2D eigenvalue weighted by molar-refractivity contribution is 7.90. The molecule has 3 heterocycles. The van der Waals surface area contributed by atoms with E-state index in [-0.39, 0.29) is 39.8 Å². The van der Waals surface area contributed by atoms with E-state index in [1.54, 1.807) is 30.1 Å². The zero-order chi connectivity index (χ0) is 26.7. The van der Waals surface area contributed by atoms with E-state index in [1.165, 1.54) is 18.2 Å². The molecule has 5 rings (SSSR count). The fraction of sp³-hybridized carbons (Fsp3) is 0.333. The second-order valence-electron chi connectivity index (χ2n) is 9.18. The Labute approximate surface area is 209 Å². The molecule has 8 nitrogen and oxygen atoms in total. The Hall–Kier alpha value is -3.61. The maximum Gasteiger partial charge on any atom is 0.277 e. The van der Waals surface area contributed by atoms with Crippen molar-refractivity contribution in [3.63, 3.8) is 0 Å². The van der Waals surface area contributed by atoms with Gasteiger partial charge in [-0.05, 0) is 24.3 Å². The maximum atomic E-state index is 13.4. The van der Waals surface area contributed by atoms with Gasteiger partial charge in [-0.25, -0.2) is 31.0 Å². The molecule has 1 aliphatic carbocycles. The van der Waals surface area contributed by atoms with Gasteiger partial charge in [0.1, 0.15) is 11.5 Å². The fourth-order valence-corrected chi connectivity index (χ4v) is 5.09. The van der Waals surface area contributed by atoms with E-state index >= 15 is 0 Å². The number of benzene rings is 1. The Morgan fingerprint density at radius 2 is 1.95 bits per heavy atom. The molecule has 1 saturated carbocycles. The standard InChI is InChI=1S/C24H21F4N5O3S/c1-33-6-5-15(32-33)12-3-4-16(21(7-12)37(2,35)36)30-17-8-13(9-20(34)14-11-24(14,27)28)29-18-10-19(23(25)26)31-22(17)18/h3-8,14,23H,9-11H2,1-2H3,(H,29,30)/t14-/m1/s1. The summed E-state index contributed by atoms with van der Waals surface area (Å²) in [6.07, 6.45) is -1.33. The molecule has 13 heteroatoms. The Morgan fingerprint density at radius 1 is 1.22 bits per heavy atom. The summed E-state index contributed by atoms with van der Waals surface area (Å²) in [5.74, 6) is -5.13. The van der Waals surface area contributed by atoms with E-state index in [0.29, 0.717) is 11.3 Å². The third kappa shape index (κ3) is 4.99. The summed E-state index contributed by atoms with van der Waals surface area (Å²) in [5.41, 5.74) is 1.27. The van der Waals surface area contributed by atoms with E-state index in [9.17, 15) is 30.8 Å². The Morgan fingerprint density at radius 3 is 2.54 bits per heavy atom. The quantitative estimate of drug-likeness (QED) is 0.432. The summed E-state index contributed by atoms with van der Waals surface area (Å²) < 4.78 is 80.4. The summed E-state index contributed by atoms with van der Waals surface area (Å²) in [7, 11) is -2.04. The highest BCUT2D eigenvalue weighted by Gasteiger charge is 2.60. The van der Waals surface area contributed by atoms with Gasteiger partial charge in [-0.2, -0.15) is 5.10 Å². The number of aryl methyl sites for hydroxylation is 1. The Bertz CT molecular complexity index is 1570. The molecular weight excluding hydrogens is 514 g/mol. The second-order valence-corrected chi connectivity index (χ2v) is 11.2. The molecule has 0 unspecified atom stereocenters. The number of Topliss-reactive ketones (excluding diaryl/α,β-unsaturated/α-hetero) is 1. The van der Waals surface area contributed by atoms with Crippen molar-refractivity contribution >= 4 is 38.4 Å². The van der Waals surface area contributed by atoms with Gasteiger partial charge < -0.3 is 5.32 Å². The van der Waals surface area contributed by atoms with E-state index in [2.05, 4.69) is 20.4 Å². The summed E-state index contributed by atoms with van der Waals surface area (Å²) in [6, 6.07) is 7.67. The van der Waals surface area contributed by atoms with Crippen LogP contribution in [0.3, 0.4) is 0 Å². The molecule has 1 aliphatic heterocycles. The van der Waals surface area contributed by atoms with Gasteiger partial charge in [-0.15, -0.1) is 0 Å². The number of anilines is 2. The predicted molar refractivity (Wildman–Crippen MR) is 128 cm³/mol. The average Bonchev–Trinajstić information content (AvgIpc) is 3.14. The lowest BCUT2D eigenvalue weighted by Crippen LogP contribution is -2.13. The number of carbonyl (C=O) groups is 1. The minimum atomic E-state index is -3.77. The van der Waals surface area contributed by atoms with E-state index < -0.39 is 52.4 Å². The van der Waals surface area contributed by atoms with Crippen molar-refractivity contribution in [2.24, 2.45) is 18.0 Å². The van der Waals surface area contributed by atoms with Crippen molar-refractivity contribution in [2.45, 2.75) is 36.5 Å². The number of sulfone groups is 1. The molecule has 1 N–H and O–H groups in total. The van der Waals surface area contributed by atoms with Gasteiger partial charge in [0.05, 0.1) is 45.0 Å². The molecule has 0 spiro atoms. The number of nitrogens with one attached hydrogen (secondary N) is 1. The van der Waals surface area contributed by atoms with E-state index in [1.807, 2.05) is 0 Å². The number of aromatic nitrogens is 3. The molecule has 37 heavy (non-hydrogen) atoms. The fourth-order valence-electron chi connectivity index (χ4n) is 4.23. The van der Waals surface area contributed by atoms with Crippen molar-refractivity contribution in [3.8, 4) is 11.3 Å². The molecule has 194 valence electrons. The first-order valence-electron chi connectivity index (χ1n) is 11.2. The van der Waals surface area contributed by atoms with Crippen LogP contribution in [0.1, 0.15) is 17.8 Å². The van der Waals surface area contributed by atoms with Crippen LogP contribution in [-0.2, 0) is 34.5 Å². The number of rotatable bonds is 8. The van der Waals surface area contributed by atoms with Gasteiger partial charge >= 0.3 is 0 Å². The van der Waals surface area contributed by atoms with Crippen molar-refractivity contribution in [1.29, 1.82) is 0 Å². The molecule has 3 aromatic rings. The number of hydrogen-bond acceptors (Lipinski definition) is 7. The summed E-state index contributed by atoms with van der Waals surface area (Å²) in [4.78, 5) is 20.4. The molecule has 2 aliphatic rings. The normalized spacial score (nSPS) is 18.0. The highest BCUT2D eigenvalue weighted by Crippen LogP contribution is 2.49. The summed E-state index contributed by atoms with van der Waals surface area (Å²) >= 11 is 0. The first kappa shape index (κ1) is 25.1.